The van der Waals surface area contributed by atoms with Crippen LogP contribution < -0.4 is 9.47 Å². The van der Waals surface area contributed by atoms with Gasteiger partial charge in [0.25, 0.3) is 0 Å². The number of para-hydroxylation sites is 1. The molecule has 0 N–H and O–H groups in total. The first-order valence-corrected chi connectivity index (χ1v) is 9.20. The molecule has 1 atom stereocenters. The lowest BCUT2D eigenvalue weighted by Crippen LogP contribution is -2.42. The molecule has 1 unspecified atom stereocenters. The van der Waals surface area contributed by atoms with Gasteiger partial charge in [-0.3, -0.25) is 4.79 Å². The van der Waals surface area contributed by atoms with E-state index in [2.05, 4.69) is 4.74 Å². The Morgan fingerprint density at radius 3 is 2.68 bits per heavy atom. The summed E-state index contributed by atoms with van der Waals surface area (Å²) >= 11 is 0. The minimum absolute atomic E-state index is 0.0120. The van der Waals surface area contributed by atoms with Crippen LogP contribution in [0.4, 0.5) is 13.2 Å². The van der Waals surface area contributed by atoms with Gasteiger partial charge in [0, 0.05) is 19.0 Å². The number of carbonyl (C=O) groups is 1. The molecule has 1 saturated heterocycles. The maximum atomic E-state index is 13.8. The van der Waals surface area contributed by atoms with Gasteiger partial charge < -0.3 is 14.4 Å². The Hall–Kier alpha value is -2.70. The fraction of sp³-hybridized carbons (Fsp3) is 0.381. The predicted molar refractivity (Wildman–Crippen MR) is 98.0 cm³/mol. The van der Waals surface area contributed by atoms with Crippen LogP contribution in [0.15, 0.2) is 48.5 Å². The molecule has 150 valence electrons. The average molecular weight is 393 g/mol. The van der Waals surface area contributed by atoms with Gasteiger partial charge in [-0.2, -0.15) is 8.78 Å². The highest BCUT2D eigenvalue weighted by molar-refractivity contribution is 5.79. The summed E-state index contributed by atoms with van der Waals surface area (Å²) in [6, 6.07) is 13.1. The standard InChI is InChI=1S/C21H22F3NO3/c22-18-11-15(8-9-19(18)28-21(23)24)12-20(26)25-10-4-5-16(13-25)14-27-17-6-2-1-3-7-17/h1-3,6-9,11,16,21H,4-5,10,12-14H2. The zero-order valence-corrected chi connectivity index (χ0v) is 15.3. The van der Waals surface area contributed by atoms with E-state index in [1.807, 2.05) is 30.3 Å². The molecule has 4 nitrogen and oxygen atoms in total. The Morgan fingerprint density at radius 2 is 1.96 bits per heavy atom. The summed E-state index contributed by atoms with van der Waals surface area (Å²) in [5, 5.41) is 0. The van der Waals surface area contributed by atoms with Crippen molar-refractivity contribution < 1.29 is 27.4 Å². The van der Waals surface area contributed by atoms with Gasteiger partial charge >= 0.3 is 6.61 Å². The number of piperidine rings is 1. The van der Waals surface area contributed by atoms with E-state index < -0.39 is 18.2 Å². The van der Waals surface area contributed by atoms with E-state index in [-0.39, 0.29) is 18.2 Å². The topological polar surface area (TPSA) is 38.8 Å². The highest BCUT2D eigenvalue weighted by atomic mass is 19.3. The number of ether oxygens (including phenoxy) is 2. The number of halogens is 3. The zero-order valence-electron chi connectivity index (χ0n) is 15.3. The molecule has 3 rings (SSSR count). The van der Waals surface area contributed by atoms with E-state index in [0.717, 1.165) is 30.7 Å². The second-order valence-corrected chi connectivity index (χ2v) is 6.79. The van der Waals surface area contributed by atoms with Gasteiger partial charge in [0.15, 0.2) is 11.6 Å². The first kappa shape index (κ1) is 20.0. The molecule has 1 aliphatic rings. The lowest BCUT2D eigenvalue weighted by atomic mass is 9.98. The third kappa shape index (κ3) is 5.65. The minimum atomic E-state index is -3.09. The number of hydrogen-bond acceptors (Lipinski definition) is 3. The van der Waals surface area contributed by atoms with E-state index >= 15 is 0 Å². The SMILES string of the molecule is O=C(Cc1ccc(OC(F)F)c(F)c1)N1CCCC(COc2ccccc2)C1. The number of nitrogens with zero attached hydrogens (tertiary/aromatic N) is 1. The Labute approximate surface area is 161 Å². The van der Waals surface area contributed by atoms with Crippen LogP contribution in [0, 0.1) is 11.7 Å². The summed E-state index contributed by atoms with van der Waals surface area (Å²) in [5.74, 6) is -0.518. The van der Waals surface area contributed by atoms with E-state index in [4.69, 9.17) is 4.74 Å². The number of benzene rings is 2. The maximum absolute atomic E-state index is 13.8. The number of rotatable bonds is 7. The Morgan fingerprint density at radius 1 is 1.18 bits per heavy atom. The third-order valence-electron chi connectivity index (χ3n) is 4.67. The van der Waals surface area contributed by atoms with Crippen LogP contribution in [0.3, 0.4) is 0 Å². The quantitative estimate of drug-likeness (QED) is 0.705. The summed E-state index contributed by atoms with van der Waals surface area (Å²) in [4.78, 5) is 14.3. The lowest BCUT2D eigenvalue weighted by Gasteiger charge is -2.32. The molecular weight excluding hydrogens is 371 g/mol. The van der Waals surface area contributed by atoms with Crippen molar-refractivity contribution in [3.8, 4) is 11.5 Å². The van der Waals surface area contributed by atoms with Crippen LogP contribution in [0.25, 0.3) is 0 Å². The van der Waals surface area contributed by atoms with E-state index in [0.29, 0.717) is 25.3 Å². The summed E-state index contributed by atoms with van der Waals surface area (Å²) in [6.45, 7) is -1.33. The number of likely N-dealkylation sites (tertiary alicyclic amines) is 1. The van der Waals surface area contributed by atoms with Crippen molar-refractivity contribution in [2.45, 2.75) is 25.9 Å². The largest absolute Gasteiger partial charge is 0.493 e. The zero-order chi connectivity index (χ0) is 19.9. The monoisotopic (exact) mass is 393 g/mol. The molecule has 0 saturated carbocycles. The van der Waals surface area contributed by atoms with Crippen LogP contribution in [0.2, 0.25) is 0 Å². The molecule has 1 aliphatic heterocycles. The number of amides is 1. The predicted octanol–water partition coefficient (Wildman–Crippen LogP) is 4.29. The molecule has 2 aromatic rings. The second kappa shape index (κ2) is 9.48. The normalized spacial score (nSPS) is 16.9. The summed E-state index contributed by atoms with van der Waals surface area (Å²) in [7, 11) is 0. The molecule has 0 aliphatic carbocycles. The van der Waals surface area contributed by atoms with Crippen molar-refractivity contribution >= 4 is 5.91 Å². The first-order valence-electron chi connectivity index (χ1n) is 9.20. The molecule has 1 amide bonds. The van der Waals surface area contributed by atoms with E-state index in [1.54, 1.807) is 4.90 Å². The van der Waals surface area contributed by atoms with E-state index in [1.165, 1.54) is 6.07 Å². The molecule has 28 heavy (non-hydrogen) atoms. The summed E-state index contributed by atoms with van der Waals surface area (Å²) in [5.41, 5.74) is 0.423. The van der Waals surface area contributed by atoms with Crippen molar-refractivity contribution in [3.05, 3.63) is 59.9 Å². The van der Waals surface area contributed by atoms with Crippen LogP contribution in [0.5, 0.6) is 11.5 Å². The fourth-order valence-electron chi connectivity index (χ4n) is 3.29. The molecular formula is C21H22F3NO3. The van der Waals surface area contributed by atoms with Crippen molar-refractivity contribution in [2.75, 3.05) is 19.7 Å². The highest BCUT2D eigenvalue weighted by Gasteiger charge is 2.24. The minimum Gasteiger partial charge on any atom is -0.493 e. The molecule has 2 aromatic carbocycles. The summed E-state index contributed by atoms with van der Waals surface area (Å²) < 4.78 is 48.1. The van der Waals surface area contributed by atoms with Gasteiger partial charge in [-0.1, -0.05) is 24.3 Å². The van der Waals surface area contributed by atoms with Crippen molar-refractivity contribution in [1.29, 1.82) is 0 Å². The highest BCUT2D eigenvalue weighted by Crippen LogP contribution is 2.23. The molecule has 0 radical (unpaired) electrons. The second-order valence-electron chi connectivity index (χ2n) is 6.79. The molecule has 0 aromatic heterocycles. The number of hydrogen-bond donors (Lipinski definition) is 0. The van der Waals surface area contributed by atoms with Crippen LogP contribution in [-0.4, -0.2) is 37.1 Å². The summed E-state index contributed by atoms with van der Waals surface area (Å²) in [6.07, 6.45) is 1.87. The van der Waals surface area contributed by atoms with Gasteiger partial charge in [0.05, 0.1) is 13.0 Å². The Bertz CT molecular complexity index is 786. The van der Waals surface area contributed by atoms with Crippen molar-refractivity contribution in [2.24, 2.45) is 5.92 Å². The molecule has 1 fully saturated rings. The molecule has 0 bridgehead atoms. The Kier molecular flexibility index (Phi) is 6.79. The lowest BCUT2D eigenvalue weighted by molar-refractivity contribution is -0.132. The van der Waals surface area contributed by atoms with Gasteiger partial charge in [0.2, 0.25) is 5.91 Å². The van der Waals surface area contributed by atoms with Gasteiger partial charge in [-0.15, -0.1) is 0 Å². The van der Waals surface area contributed by atoms with Crippen molar-refractivity contribution in [1.82, 2.24) is 4.90 Å². The molecule has 7 heteroatoms. The van der Waals surface area contributed by atoms with E-state index in [9.17, 15) is 18.0 Å². The smallest absolute Gasteiger partial charge is 0.387 e. The fourth-order valence-corrected chi connectivity index (χ4v) is 3.29. The third-order valence-corrected chi connectivity index (χ3v) is 4.67. The van der Waals surface area contributed by atoms with Crippen molar-refractivity contribution in [3.63, 3.8) is 0 Å². The maximum Gasteiger partial charge on any atom is 0.387 e. The molecule has 0 spiro atoms. The molecule has 1 heterocycles. The first-order chi connectivity index (χ1) is 13.5. The van der Waals surface area contributed by atoms with Crippen LogP contribution in [-0.2, 0) is 11.2 Å². The van der Waals surface area contributed by atoms with Gasteiger partial charge in [0.1, 0.15) is 5.75 Å². The Balaban J connectivity index is 1.53. The van der Waals surface area contributed by atoms with Gasteiger partial charge in [-0.05, 0) is 42.7 Å². The average Bonchev–Trinajstić information content (AvgIpc) is 2.69. The van der Waals surface area contributed by atoms with Crippen LogP contribution >= 0.6 is 0 Å². The van der Waals surface area contributed by atoms with Gasteiger partial charge in [-0.25, -0.2) is 4.39 Å². The number of alkyl halides is 2. The van der Waals surface area contributed by atoms with Crippen LogP contribution in [0.1, 0.15) is 18.4 Å². The number of carbonyl (C=O) groups excluding carboxylic acids is 1.